The molecule has 0 amide bonds. The van der Waals surface area contributed by atoms with E-state index in [4.69, 9.17) is 16.3 Å². The van der Waals surface area contributed by atoms with E-state index in [-0.39, 0.29) is 6.04 Å². The molecule has 1 N–H and O–H groups in total. The third kappa shape index (κ3) is 3.29. The van der Waals surface area contributed by atoms with Gasteiger partial charge in [-0.15, -0.1) is 0 Å². The van der Waals surface area contributed by atoms with E-state index in [2.05, 4.69) is 29.6 Å². The molecule has 0 bridgehead atoms. The highest BCUT2D eigenvalue weighted by Crippen LogP contribution is 2.30. The zero-order valence-corrected chi connectivity index (χ0v) is 12.7. The highest BCUT2D eigenvalue weighted by Gasteiger charge is 2.16. The predicted octanol–water partition coefficient (Wildman–Crippen LogP) is 4.47. The molecule has 0 aromatic heterocycles. The number of methoxy groups -OCH3 is 1. The van der Waals surface area contributed by atoms with E-state index in [1.54, 1.807) is 7.11 Å². The van der Waals surface area contributed by atoms with Crippen LogP contribution in [-0.2, 0) is 0 Å². The lowest BCUT2D eigenvalue weighted by Gasteiger charge is -2.24. The lowest BCUT2D eigenvalue weighted by Crippen LogP contribution is -2.25. The number of hydrogen-bond acceptors (Lipinski definition) is 2. The second kappa shape index (κ2) is 6.33. The minimum absolute atomic E-state index is 0.207. The molecular formula is C18H18ClNO. The molecule has 1 unspecified atom stereocenters. The molecule has 0 saturated heterocycles. The van der Waals surface area contributed by atoms with Crippen molar-refractivity contribution in [3.05, 3.63) is 70.8 Å². The van der Waals surface area contributed by atoms with Crippen LogP contribution in [0.15, 0.2) is 54.6 Å². The summed E-state index contributed by atoms with van der Waals surface area (Å²) >= 11 is 6.09. The number of ether oxygens (including phenoxy) is 1. The van der Waals surface area contributed by atoms with Crippen LogP contribution in [0.4, 0.5) is 0 Å². The Hall–Kier alpha value is -1.77. The normalized spacial score (nSPS) is 18.2. The average Bonchev–Trinajstić information content (AvgIpc) is 2.55. The Labute approximate surface area is 130 Å². The van der Waals surface area contributed by atoms with Crippen LogP contribution in [0.3, 0.4) is 0 Å². The molecule has 108 valence electrons. The van der Waals surface area contributed by atoms with E-state index in [1.165, 1.54) is 16.7 Å². The van der Waals surface area contributed by atoms with Crippen molar-refractivity contribution in [3.63, 3.8) is 0 Å². The summed E-state index contributed by atoms with van der Waals surface area (Å²) in [4.78, 5) is 0. The summed E-state index contributed by atoms with van der Waals surface area (Å²) in [6.07, 6.45) is 3.30. The molecule has 1 aliphatic rings. The molecule has 21 heavy (non-hydrogen) atoms. The largest absolute Gasteiger partial charge is 0.497 e. The summed E-state index contributed by atoms with van der Waals surface area (Å²) in [7, 11) is 1.70. The third-order valence-corrected chi connectivity index (χ3v) is 4.01. The van der Waals surface area contributed by atoms with Crippen molar-refractivity contribution < 1.29 is 4.74 Å². The molecule has 1 atom stereocenters. The maximum Gasteiger partial charge on any atom is 0.119 e. The SMILES string of the molecule is COc1cccc(C2=CC(c3cccc(Cl)c3)NCC2)c1. The Morgan fingerprint density at radius 2 is 2.00 bits per heavy atom. The fourth-order valence-electron chi connectivity index (χ4n) is 2.68. The van der Waals surface area contributed by atoms with Gasteiger partial charge in [-0.3, -0.25) is 0 Å². The minimum atomic E-state index is 0.207. The van der Waals surface area contributed by atoms with Gasteiger partial charge in [0.25, 0.3) is 0 Å². The molecule has 1 heterocycles. The summed E-state index contributed by atoms with van der Waals surface area (Å²) in [6, 6.07) is 16.5. The summed E-state index contributed by atoms with van der Waals surface area (Å²) < 4.78 is 5.31. The van der Waals surface area contributed by atoms with E-state index < -0.39 is 0 Å². The number of halogens is 1. The van der Waals surface area contributed by atoms with Gasteiger partial charge in [-0.05, 0) is 47.4 Å². The lowest BCUT2D eigenvalue weighted by atomic mass is 9.94. The fourth-order valence-corrected chi connectivity index (χ4v) is 2.88. The van der Waals surface area contributed by atoms with Gasteiger partial charge in [0.2, 0.25) is 0 Å². The van der Waals surface area contributed by atoms with Gasteiger partial charge in [0.05, 0.1) is 13.2 Å². The monoisotopic (exact) mass is 299 g/mol. The molecule has 0 radical (unpaired) electrons. The molecule has 3 heteroatoms. The molecule has 0 aliphatic carbocycles. The van der Waals surface area contributed by atoms with Crippen molar-refractivity contribution in [2.45, 2.75) is 12.5 Å². The van der Waals surface area contributed by atoms with Crippen molar-refractivity contribution in [2.24, 2.45) is 0 Å². The highest BCUT2D eigenvalue weighted by molar-refractivity contribution is 6.30. The Morgan fingerprint density at radius 1 is 1.14 bits per heavy atom. The van der Waals surface area contributed by atoms with Crippen LogP contribution in [0.2, 0.25) is 5.02 Å². The van der Waals surface area contributed by atoms with Crippen LogP contribution in [0.25, 0.3) is 5.57 Å². The molecule has 0 fully saturated rings. The summed E-state index contributed by atoms with van der Waals surface area (Å²) in [5.74, 6) is 0.895. The summed E-state index contributed by atoms with van der Waals surface area (Å²) in [6.45, 7) is 0.959. The van der Waals surface area contributed by atoms with Crippen molar-refractivity contribution in [1.82, 2.24) is 5.32 Å². The van der Waals surface area contributed by atoms with Gasteiger partial charge in [-0.2, -0.15) is 0 Å². The van der Waals surface area contributed by atoms with Gasteiger partial charge in [0, 0.05) is 11.6 Å². The standard InChI is InChI=1S/C18H18ClNO/c1-21-17-7-3-4-13(11-17)14-8-9-20-18(12-14)15-5-2-6-16(19)10-15/h2-7,10-12,18,20H,8-9H2,1H3. The zero-order valence-electron chi connectivity index (χ0n) is 12.0. The number of rotatable bonds is 3. The van der Waals surface area contributed by atoms with Gasteiger partial charge in [-0.25, -0.2) is 0 Å². The minimum Gasteiger partial charge on any atom is -0.497 e. The Bertz CT molecular complexity index is 666. The Kier molecular flexibility index (Phi) is 4.28. The molecule has 2 aromatic rings. The molecular weight excluding hydrogens is 282 g/mol. The second-order valence-corrected chi connectivity index (χ2v) is 5.60. The molecule has 2 aromatic carbocycles. The fraction of sp³-hybridized carbons (Fsp3) is 0.222. The van der Waals surface area contributed by atoms with E-state index in [1.807, 2.05) is 30.3 Å². The molecule has 1 aliphatic heterocycles. The van der Waals surface area contributed by atoms with Gasteiger partial charge in [-0.1, -0.05) is 41.9 Å². The Balaban J connectivity index is 1.92. The van der Waals surface area contributed by atoms with E-state index in [0.29, 0.717) is 0 Å². The molecule has 0 spiro atoms. The third-order valence-electron chi connectivity index (χ3n) is 3.77. The molecule has 2 nitrogen and oxygen atoms in total. The lowest BCUT2D eigenvalue weighted by molar-refractivity contribution is 0.414. The van der Waals surface area contributed by atoms with Crippen LogP contribution >= 0.6 is 11.6 Å². The Morgan fingerprint density at radius 3 is 2.81 bits per heavy atom. The molecule has 3 rings (SSSR count). The van der Waals surface area contributed by atoms with Gasteiger partial charge in [0.15, 0.2) is 0 Å². The predicted molar refractivity (Wildman–Crippen MR) is 87.8 cm³/mol. The number of hydrogen-bond donors (Lipinski definition) is 1. The van der Waals surface area contributed by atoms with Crippen LogP contribution in [0, 0.1) is 0 Å². The van der Waals surface area contributed by atoms with Crippen molar-refractivity contribution in [1.29, 1.82) is 0 Å². The first-order valence-corrected chi connectivity index (χ1v) is 7.48. The van der Waals surface area contributed by atoms with Crippen LogP contribution in [-0.4, -0.2) is 13.7 Å². The highest BCUT2D eigenvalue weighted by atomic mass is 35.5. The first-order chi connectivity index (χ1) is 10.3. The van der Waals surface area contributed by atoms with Gasteiger partial charge < -0.3 is 10.1 Å². The maximum atomic E-state index is 6.09. The molecule has 0 saturated carbocycles. The quantitative estimate of drug-likeness (QED) is 0.903. The van der Waals surface area contributed by atoms with Gasteiger partial charge >= 0.3 is 0 Å². The smallest absolute Gasteiger partial charge is 0.119 e. The second-order valence-electron chi connectivity index (χ2n) is 5.16. The van der Waals surface area contributed by atoms with Crippen LogP contribution < -0.4 is 10.1 Å². The maximum absolute atomic E-state index is 6.09. The number of benzene rings is 2. The van der Waals surface area contributed by atoms with Crippen molar-refractivity contribution >= 4 is 17.2 Å². The topological polar surface area (TPSA) is 21.3 Å². The van der Waals surface area contributed by atoms with E-state index in [0.717, 1.165) is 23.7 Å². The van der Waals surface area contributed by atoms with Crippen molar-refractivity contribution in [3.8, 4) is 5.75 Å². The zero-order chi connectivity index (χ0) is 14.7. The van der Waals surface area contributed by atoms with Gasteiger partial charge in [0.1, 0.15) is 5.75 Å². The van der Waals surface area contributed by atoms with E-state index >= 15 is 0 Å². The first-order valence-electron chi connectivity index (χ1n) is 7.10. The van der Waals surface area contributed by atoms with Crippen molar-refractivity contribution in [2.75, 3.05) is 13.7 Å². The van der Waals surface area contributed by atoms with E-state index in [9.17, 15) is 0 Å². The average molecular weight is 300 g/mol. The summed E-state index contributed by atoms with van der Waals surface area (Å²) in [5, 5.41) is 4.30. The number of nitrogens with one attached hydrogen (secondary N) is 1. The summed E-state index contributed by atoms with van der Waals surface area (Å²) in [5.41, 5.74) is 3.77. The van der Waals surface area contributed by atoms with Crippen LogP contribution in [0.5, 0.6) is 5.75 Å². The van der Waals surface area contributed by atoms with Crippen LogP contribution in [0.1, 0.15) is 23.6 Å². The first kappa shape index (κ1) is 14.2.